The Morgan fingerprint density at radius 3 is 1.24 bits per heavy atom. The van der Waals surface area contributed by atoms with Crippen molar-refractivity contribution in [1.29, 1.82) is 0 Å². The minimum Gasteiger partial charge on any atom is -0.309 e. The first-order valence-corrected chi connectivity index (χ1v) is 7.79. The molecule has 0 unspecified atom stereocenters. The lowest BCUT2D eigenvalue weighted by molar-refractivity contribution is -0.300. The zero-order valence-corrected chi connectivity index (χ0v) is 13.3. The van der Waals surface area contributed by atoms with Crippen LogP contribution in [0.1, 0.15) is 27.7 Å². The summed E-state index contributed by atoms with van der Waals surface area (Å²) in [6.07, 6.45) is -14.7. The van der Waals surface area contributed by atoms with Gasteiger partial charge in [-0.05, 0) is 0 Å². The first-order valence-electron chi connectivity index (χ1n) is 6.62. The molecule has 10 heteroatoms. The third-order valence-corrected chi connectivity index (χ3v) is 5.24. The highest BCUT2D eigenvalue weighted by molar-refractivity contribution is 7.47. The summed E-state index contributed by atoms with van der Waals surface area (Å²) in [6.45, 7) is 7.90. The number of hydrogen-bond acceptors (Lipinski definition) is 3. The molecule has 0 radical (unpaired) electrons. The average molecular weight is 342 g/mol. The predicted molar refractivity (Wildman–Crippen MR) is 69.7 cm³/mol. The molecular formula is C11H21F6N2OP. The Morgan fingerprint density at radius 1 is 0.762 bits per heavy atom. The fraction of sp³-hybridized carbons (Fsp3) is 1.00. The highest BCUT2D eigenvalue weighted by atomic mass is 31.2. The Bertz CT molecular complexity index is 265. The maximum absolute atomic E-state index is 12.6. The van der Waals surface area contributed by atoms with E-state index in [4.69, 9.17) is 0 Å². The van der Waals surface area contributed by atoms with E-state index in [9.17, 15) is 26.3 Å². The van der Waals surface area contributed by atoms with Crippen LogP contribution in [0.2, 0.25) is 0 Å². The van der Waals surface area contributed by atoms with Crippen molar-refractivity contribution < 1.29 is 30.9 Å². The lowest BCUT2D eigenvalue weighted by Gasteiger charge is -2.38. The molecule has 0 aromatic carbocycles. The molecule has 128 valence electrons. The van der Waals surface area contributed by atoms with Crippen LogP contribution in [0.3, 0.4) is 0 Å². The molecule has 0 aliphatic rings. The van der Waals surface area contributed by atoms with Gasteiger partial charge in [0, 0.05) is 26.2 Å². The molecule has 0 spiro atoms. The van der Waals surface area contributed by atoms with Crippen LogP contribution in [0, 0.1) is 0 Å². The molecule has 21 heavy (non-hydrogen) atoms. The van der Waals surface area contributed by atoms with Crippen molar-refractivity contribution in [3.8, 4) is 0 Å². The second-order valence-corrected chi connectivity index (χ2v) is 5.95. The van der Waals surface area contributed by atoms with Crippen LogP contribution in [0.5, 0.6) is 0 Å². The van der Waals surface area contributed by atoms with Crippen LogP contribution in [0.4, 0.5) is 26.3 Å². The summed E-state index contributed by atoms with van der Waals surface area (Å²) in [4.78, 5) is 0. The van der Waals surface area contributed by atoms with Crippen LogP contribution < -0.4 is 0 Å². The summed E-state index contributed by atoms with van der Waals surface area (Å²) in [5.74, 6) is 0. The maximum Gasteiger partial charge on any atom is 0.424 e. The van der Waals surface area contributed by atoms with E-state index in [1.807, 2.05) is 0 Å². The molecule has 0 bridgehead atoms. The lowest BCUT2D eigenvalue weighted by atomic mass is 10.3. The number of hydrogen-bond donors (Lipinski definition) is 0. The molecule has 0 aliphatic carbocycles. The molecule has 0 aliphatic heterocycles. The zero-order chi connectivity index (χ0) is 16.8. The maximum atomic E-state index is 12.6. The third kappa shape index (κ3) is 6.26. The molecule has 0 fully saturated rings. The number of halogens is 6. The average Bonchev–Trinajstić information content (AvgIpc) is 2.34. The Morgan fingerprint density at radius 2 is 1.05 bits per heavy atom. The summed E-state index contributed by atoms with van der Waals surface area (Å²) >= 11 is 0. The standard InChI is InChI=1S/C11H21F6N2OP/c1-5-18(6-2)21(19(7-3)8-4)20-9(10(12,13)14)11(15,16)17/h9H,5-8H2,1-4H3. The lowest BCUT2D eigenvalue weighted by Crippen LogP contribution is -2.45. The molecule has 0 saturated heterocycles. The van der Waals surface area contributed by atoms with Gasteiger partial charge in [-0.1, -0.05) is 27.7 Å². The van der Waals surface area contributed by atoms with E-state index in [0.29, 0.717) is 26.2 Å². The van der Waals surface area contributed by atoms with Crippen molar-refractivity contribution in [3.05, 3.63) is 0 Å². The first kappa shape index (κ1) is 20.9. The normalized spacial score (nSPS) is 14.0. The van der Waals surface area contributed by atoms with Crippen molar-refractivity contribution in [1.82, 2.24) is 9.34 Å². The molecule has 0 aromatic rings. The van der Waals surface area contributed by atoms with Gasteiger partial charge in [-0.3, -0.25) is 0 Å². The van der Waals surface area contributed by atoms with E-state index in [1.165, 1.54) is 9.34 Å². The van der Waals surface area contributed by atoms with Crippen molar-refractivity contribution in [2.24, 2.45) is 0 Å². The SMILES string of the molecule is CCN(CC)P(OC(C(F)(F)F)C(F)(F)F)N(CC)CC. The van der Waals surface area contributed by atoms with Crippen LogP contribution >= 0.6 is 8.45 Å². The summed E-state index contributed by atoms with van der Waals surface area (Å²) < 4.78 is 83.4. The molecule has 0 aromatic heterocycles. The summed E-state index contributed by atoms with van der Waals surface area (Å²) in [7, 11) is -2.13. The van der Waals surface area contributed by atoms with E-state index >= 15 is 0 Å². The Hall–Kier alpha value is -0.110. The molecule has 0 rings (SSSR count). The highest BCUT2D eigenvalue weighted by Crippen LogP contribution is 2.51. The van der Waals surface area contributed by atoms with E-state index < -0.39 is 26.9 Å². The predicted octanol–water partition coefficient (Wildman–Crippen LogP) is 4.41. The Kier molecular flexibility index (Phi) is 8.46. The van der Waals surface area contributed by atoms with Gasteiger partial charge in [0.15, 0.2) is 8.45 Å². The summed E-state index contributed by atoms with van der Waals surface area (Å²) in [5.41, 5.74) is 0. The van der Waals surface area contributed by atoms with Gasteiger partial charge in [-0.25, -0.2) is 9.34 Å². The second-order valence-electron chi connectivity index (χ2n) is 4.10. The number of alkyl halides is 6. The first-order chi connectivity index (χ1) is 9.52. The van der Waals surface area contributed by atoms with Gasteiger partial charge in [0.1, 0.15) is 0 Å². The minimum absolute atomic E-state index is 0.307. The van der Waals surface area contributed by atoms with Gasteiger partial charge in [0.2, 0.25) is 0 Å². The molecule has 0 saturated carbocycles. The number of rotatable bonds is 8. The van der Waals surface area contributed by atoms with Gasteiger partial charge in [0.25, 0.3) is 6.10 Å². The molecule has 3 nitrogen and oxygen atoms in total. The van der Waals surface area contributed by atoms with Gasteiger partial charge in [-0.15, -0.1) is 0 Å². The van der Waals surface area contributed by atoms with Crippen molar-refractivity contribution in [2.75, 3.05) is 26.2 Å². The van der Waals surface area contributed by atoms with Crippen molar-refractivity contribution >= 4 is 8.45 Å². The molecular weight excluding hydrogens is 321 g/mol. The second kappa shape index (κ2) is 8.50. The summed E-state index contributed by atoms with van der Waals surface area (Å²) in [6, 6.07) is 0. The van der Waals surface area contributed by atoms with Crippen LogP contribution in [-0.2, 0) is 4.52 Å². The van der Waals surface area contributed by atoms with Crippen molar-refractivity contribution in [3.63, 3.8) is 0 Å². The highest BCUT2D eigenvalue weighted by Gasteiger charge is 2.59. The Labute approximate surface area is 122 Å². The zero-order valence-electron chi connectivity index (χ0n) is 12.4. The third-order valence-electron chi connectivity index (χ3n) is 2.74. The van der Waals surface area contributed by atoms with Crippen LogP contribution in [-0.4, -0.2) is 54.0 Å². The van der Waals surface area contributed by atoms with E-state index in [-0.39, 0.29) is 0 Å². The fourth-order valence-corrected chi connectivity index (χ4v) is 3.66. The quantitative estimate of drug-likeness (QED) is 0.480. The van der Waals surface area contributed by atoms with Gasteiger partial charge in [-0.2, -0.15) is 26.3 Å². The topological polar surface area (TPSA) is 15.7 Å². The van der Waals surface area contributed by atoms with E-state index in [1.54, 1.807) is 27.7 Å². The van der Waals surface area contributed by atoms with Gasteiger partial charge in [0.05, 0.1) is 0 Å². The molecule has 0 heterocycles. The largest absolute Gasteiger partial charge is 0.424 e. The summed E-state index contributed by atoms with van der Waals surface area (Å²) in [5, 5.41) is 0. The van der Waals surface area contributed by atoms with Crippen LogP contribution in [0.15, 0.2) is 0 Å². The fourth-order valence-electron chi connectivity index (χ4n) is 1.64. The monoisotopic (exact) mass is 342 g/mol. The number of nitrogens with zero attached hydrogens (tertiary/aromatic N) is 2. The molecule has 0 atom stereocenters. The van der Waals surface area contributed by atoms with E-state index in [0.717, 1.165) is 0 Å². The van der Waals surface area contributed by atoms with E-state index in [2.05, 4.69) is 4.52 Å². The minimum atomic E-state index is -5.49. The smallest absolute Gasteiger partial charge is 0.309 e. The Balaban J connectivity index is 5.42. The van der Waals surface area contributed by atoms with Gasteiger partial charge < -0.3 is 4.52 Å². The van der Waals surface area contributed by atoms with Crippen molar-refractivity contribution in [2.45, 2.75) is 46.2 Å². The van der Waals surface area contributed by atoms with Gasteiger partial charge >= 0.3 is 12.4 Å². The molecule has 0 amide bonds. The van der Waals surface area contributed by atoms with Crippen LogP contribution in [0.25, 0.3) is 0 Å². The molecule has 0 N–H and O–H groups in total.